The van der Waals surface area contributed by atoms with Crippen molar-refractivity contribution < 1.29 is 4.79 Å². The van der Waals surface area contributed by atoms with E-state index in [4.69, 9.17) is 0 Å². The molecule has 2 aromatic heterocycles. The van der Waals surface area contributed by atoms with Crippen LogP contribution < -0.4 is 10.5 Å². The minimum absolute atomic E-state index is 0.0723. The topological polar surface area (TPSA) is 68.1 Å². The molecule has 2 aliphatic rings. The lowest BCUT2D eigenvalue weighted by molar-refractivity contribution is -0.119. The highest BCUT2D eigenvalue weighted by Crippen LogP contribution is 2.35. The predicted molar refractivity (Wildman–Crippen MR) is 105 cm³/mol. The third-order valence-electron chi connectivity index (χ3n) is 5.66. The number of carbonyl (C=O) groups is 1. The Morgan fingerprint density at radius 3 is 3.04 bits per heavy atom. The Morgan fingerprint density at radius 1 is 1.30 bits per heavy atom. The molecule has 0 saturated heterocycles. The largest absolute Gasteiger partial charge is 0.310 e. The van der Waals surface area contributed by atoms with Crippen molar-refractivity contribution in [3.63, 3.8) is 0 Å². The van der Waals surface area contributed by atoms with Gasteiger partial charge in [0.05, 0.1) is 5.39 Å². The number of anilines is 1. The highest BCUT2D eigenvalue weighted by Gasteiger charge is 2.27. The number of amides is 1. The van der Waals surface area contributed by atoms with Crippen molar-refractivity contribution in [2.45, 2.75) is 39.2 Å². The summed E-state index contributed by atoms with van der Waals surface area (Å²) in [5.41, 5.74) is 3.04. The molecule has 0 N–H and O–H groups in total. The Labute approximate surface area is 160 Å². The van der Waals surface area contributed by atoms with Gasteiger partial charge in [-0.1, -0.05) is 30.3 Å². The van der Waals surface area contributed by atoms with Gasteiger partial charge in [-0.05, 0) is 48.8 Å². The van der Waals surface area contributed by atoms with Crippen LogP contribution in [0.3, 0.4) is 0 Å². The van der Waals surface area contributed by atoms with Crippen molar-refractivity contribution >= 4 is 33.1 Å². The van der Waals surface area contributed by atoms with Gasteiger partial charge in [0.2, 0.25) is 5.91 Å². The van der Waals surface area contributed by atoms with Crippen LogP contribution in [0.15, 0.2) is 29.1 Å². The average Bonchev–Trinajstić information content (AvgIpc) is 3.25. The van der Waals surface area contributed by atoms with Crippen LogP contribution in [0.25, 0.3) is 10.2 Å². The molecule has 0 saturated carbocycles. The van der Waals surface area contributed by atoms with Gasteiger partial charge in [-0.25, -0.2) is 4.68 Å². The third-order valence-corrected chi connectivity index (χ3v) is 6.80. The number of aryl methyl sites for hydroxylation is 1. The first-order valence-electron chi connectivity index (χ1n) is 9.38. The van der Waals surface area contributed by atoms with Gasteiger partial charge in [0.25, 0.3) is 5.56 Å². The second kappa shape index (κ2) is 6.27. The number of rotatable bonds is 2. The first kappa shape index (κ1) is 16.6. The minimum atomic E-state index is -0.187. The number of carbonyl (C=O) groups excluding carboxylic acids is 1. The number of benzene rings is 1. The van der Waals surface area contributed by atoms with Crippen LogP contribution in [0.2, 0.25) is 0 Å². The fourth-order valence-electron chi connectivity index (χ4n) is 4.21. The van der Waals surface area contributed by atoms with Crippen LogP contribution in [0.1, 0.15) is 29.3 Å². The fraction of sp³-hybridized carbons (Fsp3) is 0.400. The molecule has 7 heteroatoms. The van der Waals surface area contributed by atoms with Gasteiger partial charge < -0.3 is 4.90 Å². The zero-order valence-corrected chi connectivity index (χ0v) is 16.0. The highest BCUT2D eigenvalue weighted by molar-refractivity contribution is 7.18. The number of hydrogen-bond donors (Lipinski definition) is 0. The molecule has 3 heterocycles. The summed E-state index contributed by atoms with van der Waals surface area (Å²) in [4.78, 5) is 29.6. The summed E-state index contributed by atoms with van der Waals surface area (Å²) >= 11 is 1.58. The van der Waals surface area contributed by atoms with E-state index in [2.05, 4.69) is 17.2 Å². The van der Waals surface area contributed by atoms with E-state index in [1.807, 2.05) is 24.3 Å². The van der Waals surface area contributed by atoms with Crippen LogP contribution in [0.5, 0.6) is 0 Å². The lowest BCUT2D eigenvalue weighted by atomic mass is 9.89. The van der Waals surface area contributed by atoms with Gasteiger partial charge in [-0.2, -0.15) is 0 Å². The van der Waals surface area contributed by atoms with E-state index in [9.17, 15) is 9.59 Å². The second-order valence-electron chi connectivity index (χ2n) is 7.51. The molecule has 138 valence electrons. The number of nitrogens with zero attached hydrogens (tertiary/aromatic N) is 4. The standard InChI is InChI=1S/C20H20N4O2S/c1-12-6-7-14-16(10-12)27-19-18(14)20(26)24(22-21-19)11-17(25)23-9-8-13-4-2-3-5-15(13)23/h2-5,12H,6-11H2,1H3. The number of hydrogen-bond acceptors (Lipinski definition) is 5. The molecule has 5 rings (SSSR count). The fourth-order valence-corrected chi connectivity index (χ4v) is 5.52. The zero-order chi connectivity index (χ0) is 18.5. The van der Waals surface area contributed by atoms with Gasteiger partial charge in [0.1, 0.15) is 6.54 Å². The van der Waals surface area contributed by atoms with E-state index < -0.39 is 0 Å². The van der Waals surface area contributed by atoms with Gasteiger partial charge in [0.15, 0.2) is 4.83 Å². The van der Waals surface area contributed by atoms with Crippen molar-refractivity contribution in [1.29, 1.82) is 0 Å². The van der Waals surface area contributed by atoms with Crippen LogP contribution in [0, 0.1) is 5.92 Å². The van der Waals surface area contributed by atoms with E-state index in [0.29, 0.717) is 22.7 Å². The normalized spacial score (nSPS) is 18.6. The summed E-state index contributed by atoms with van der Waals surface area (Å²) in [6.45, 7) is 2.81. The number of para-hydroxylation sites is 1. The molecule has 3 aromatic rings. The molecule has 1 unspecified atom stereocenters. The summed E-state index contributed by atoms with van der Waals surface area (Å²) in [7, 11) is 0. The van der Waals surface area contributed by atoms with Gasteiger partial charge >= 0.3 is 0 Å². The SMILES string of the molecule is CC1CCc2c(sc3nnn(CC(=O)N4CCc5ccccc54)c(=O)c23)C1. The van der Waals surface area contributed by atoms with E-state index in [1.54, 1.807) is 16.2 Å². The van der Waals surface area contributed by atoms with E-state index in [-0.39, 0.29) is 18.0 Å². The Balaban J connectivity index is 1.49. The van der Waals surface area contributed by atoms with Gasteiger partial charge in [0, 0.05) is 17.1 Å². The second-order valence-corrected chi connectivity index (χ2v) is 8.59. The lowest BCUT2D eigenvalue weighted by Crippen LogP contribution is -2.37. The molecule has 1 amide bonds. The Bertz CT molecular complexity index is 1120. The van der Waals surface area contributed by atoms with E-state index in [1.165, 1.54) is 15.1 Å². The maximum Gasteiger partial charge on any atom is 0.279 e. The monoisotopic (exact) mass is 380 g/mol. The van der Waals surface area contributed by atoms with Crippen molar-refractivity contribution in [3.8, 4) is 0 Å². The summed E-state index contributed by atoms with van der Waals surface area (Å²) in [5, 5.41) is 8.98. The van der Waals surface area contributed by atoms with Gasteiger partial charge in [-0.3, -0.25) is 9.59 Å². The van der Waals surface area contributed by atoms with Crippen molar-refractivity contribution in [1.82, 2.24) is 15.0 Å². The predicted octanol–water partition coefficient (Wildman–Crippen LogP) is 2.57. The Kier molecular flexibility index (Phi) is 3.86. The van der Waals surface area contributed by atoms with Crippen LogP contribution in [0.4, 0.5) is 5.69 Å². The maximum absolute atomic E-state index is 13.0. The Morgan fingerprint density at radius 2 is 2.15 bits per heavy atom. The van der Waals surface area contributed by atoms with Crippen molar-refractivity contribution in [2.24, 2.45) is 5.92 Å². The third kappa shape index (κ3) is 2.68. The smallest absolute Gasteiger partial charge is 0.279 e. The number of thiophene rings is 1. The molecule has 0 spiro atoms. The molecular weight excluding hydrogens is 360 g/mol. The van der Waals surface area contributed by atoms with Crippen LogP contribution in [-0.4, -0.2) is 27.4 Å². The Hall–Kier alpha value is -2.54. The first-order chi connectivity index (χ1) is 13.1. The average molecular weight is 380 g/mol. The summed E-state index contributed by atoms with van der Waals surface area (Å²) < 4.78 is 1.23. The molecule has 27 heavy (non-hydrogen) atoms. The molecule has 0 radical (unpaired) electrons. The van der Waals surface area contributed by atoms with E-state index in [0.717, 1.165) is 36.9 Å². The molecule has 1 atom stereocenters. The quantitative estimate of drug-likeness (QED) is 0.685. The summed E-state index contributed by atoms with van der Waals surface area (Å²) in [6.07, 6.45) is 3.84. The lowest BCUT2D eigenvalue weighted by Gasteiger charge is -2.18. The minimum Gasteiger partial charge on any atom is -0.310 e. The van der Waals surface area contributed by atoms with Crippen molar-refractivity contribution in [3.05, 3.63) is 50.6 Å². The van der Waals surface area contributed by atoms with Crippen LogP contribution in [-0.2, 0) is 30.6 Å². The first-order valence-corrected chi connectivity index (χ1v) is 10.2. The molecule has 1 aliphatic heterocycles. The summed E-state index contributed by atoms with van der Waals surface area (Å²) in [5.74, 6) is 0.519. The molecule has 1 aliphatic carbocycles. The van der Waals surface area contributed by atoms with E-state index >= 15 is 0 Å². The number of fused-ring (bicyclic) bond motifs is 4. The van der Waals surface area contributed by atoms with Crippen LogP contribution >= 0.6 is 11.3 Å². The summed E-state index contributed by atoms with van der Waals surface area (Å²) in [6, 6.07) is 7.91. The molecule has 0 fully saturated rings. The molecule has 0 bridgehead atoms. The maximum atomic E-state index is 13.0. The van der Waals surface area contributed by atoms with Gasteiger partial charge in [-0.15, -0.1) is 16.4 Å². The molecule has 1 aromatic carbocycles. The zero-order valence-electron chi connectivity index (χ0n) is 15.1. The number of aromatic nitrogens is 3. The highest BCUT2D eigenvalue weighted by atomic mass is 32.1. The molecule has 6 nitrogen and oxygen atoms in total. The molecular formula is C20H20N4O2S. The van der Waals surface area contributed by atoms with Crippen molar-refractivity contribution in [2.75, 3.05) is 11.4 Å².